The van der Waals surface area contributed by atoms with Crippen LogP contribution in [-0.2, 0) is 6.54 Å². The molecule has 6 nitrogen and oxygen atoms in total. The van der Waals surface area contributed by atoms with Crippen LogP contribution in [0.2, 0.25) is 0 Å². The molecule has 0 spiro atoms. The number of aromatic nitrogens is 3. The second-order valence-electron chi connectivity index (χ2n) is 4.96. The molecule has 0 fully saturated rings. The lowest BCUT2D eigenvalue weighted by molar-refractivity contribution is 0.0950. The smallest absolute Gasteiger partial charge is 0.251 e. The van der Waals surface area contributed by atoms with Crippen molar-refractivity contribution in [2.75, 3.05) is 19.0 Å². The number of anilines is 1. The van der Waals surface area contributed by atoms with E-state index in [1.54, 1.807) is 23.8 Å². The van der Waals surface area contributed by atoms with E-state index in [0.717, 1.165) is 15.9 Å². The number of rotatable bonds is 4. The fraction of sp³-hybridized carbons (Fsp3) is 0.200. The Balaban J connectivity index is 1.70. The molecule has 112 valence electrons. The summed E-state index contributed by atoms with van der Waals surface area (Å²) in [6, 6.07) is 7.28. The van der Waals surface area contributed by atoms with Crippen LogP contribution in [0.1, 0.15) is 16.1 Å². The molecule has 22 heavy (non-hydrogen) atoms. The number of hydrogen-bond acceptors (Lipinski definition) is 6. The van der Waals surface area contributed by atoms with Gasteiger partial charge in [-0.15, -0.1) is 11.3 Å². The lowest BCUT2D eigenvalue weighted by Crippen LogP contribution is -2.24. The zero-order chi connectivity index (χ0) is 15.5. The van der Waals surface area contributed by atoms with Crippen molar-refractivity contribution in [3.05, 3.63) is 47.2 Å². The monoisotopic (exact) mass is 313 g/mol. The molecule has 0 aliphatic rings. The van der Waals surface area contributed by atoms with Crippen molar-refractivity contribution < 1.29 is 4.79 Å². The first-order chi connectivity index (χ1) is 10.6. The first-order valence-corrected chi connectivity index (χ1v) is 7.62. The first-order valence-electron chi connectivity index (χ1n) is 6.74. The average Bonchev–Trinajstić information content (AvgIpc) is 3.00. The zero-order valence-electron chi connectivity index (χ0n) is 12.3. The first kappa shape index (κ1) is 14.4. The summed E-state index contributed by atoms with van der Waals surface area (Å²) < 4.78 is 1.00. The molecule has 2 aromatic heterocycles. The normalized spacial score (nSPS) is 10.6. The maximum absolute atomic E-state index is 12.2. The third-order valence-corrected chi connectivity index (χ3v) is 3.92. The van der Waals surface area contributed by atoms with Crippen LogP contribution >= 0.6 is 11.3 Å². The molecule has 0 aliphatic carbocycles. The fourth-order valence-corrected chi connectivity index (χ4v) is 2.68. The van der Waals surface area contributed by atoms with Crippen LogP contribution in [-0.4, -0.2) is 35.0 Å². The Bertz CT molecular complexity index is 814. The van der Waals surface area contributed by atoms with E-state index in [1.807, 2.05) is 31.1 Å². The summed E-state index contributed by atoms with van der Waals surface area (Å²) in [6.07, 6.45) is 1.69. The van der Waals surface area contributed by atoms with Gasteiger partial charge in [-0.25, -0.2) is 15.0 Å². The van der Waals surface area contributed by atoms with Gasteiger partial charge in [-0.2, -0.15) is 0 Å². The molecule has 0 radical (unpaired) electrons. The molecule has 0 saturated carbocycles. The van der Waals surface area contributed by atoms with Crippen LogP contribution in [0.4, 0.5) is 5.95 Å². The molecule has 1 N–H and O–H groups in total. The van der Waals surface area contributed by atoms with Crippen molar-refractivity contribution in [1.29, 1.82) is 0 Å². The highest BCUT2D eigenvalue weighted by atomic mass is 32.1. The minimum atomic E-state index is -0.125. The molecule has 0 aliphatic heterocycles. The molecule has 3 rings (SSSR count). The summed E-state index contributed by atoms with van der Waals surface area (Å²) in [5.41, 5.74) is 4.08. The third kappa shape index (κ3) is 3.04. The summed E-state index contributed by atoms with van der Waals surface area (Å²) in [7, 11) is 3.75. The van der Waals surface area contributed by atoms with Gasteiger partial charge in [-0.3, -0.25) is 4.79 Å². The Kier molecular flexibility index (Phi) is 3.97. The molecule has 0 unspecified atom stereocenters. The van der Waals surface area contributed by atoms with Crippen LogP contribution in [0.3, 0.4) is 0 Å². The summed E-state index contributed by atoms with van der Waals surface area (Å²) in [6.45, 7) is 0.364. The van der Waals surface area contributed by atoms with Crippen molar-refractivity contribution in [3.8, 4) is 0 Å². The van der Waals surface area contributed by atoms with Crippen LogP contribution in [0.5, 0.6) is 0 Å². The number of thiazole rings is 1. The molecule has 2 heterocycles. The molecule has 0 atom stereocenters. The van der Waals surface area contributed by atoms with Crippen LogP contribution < -0.4 is 10.2 Å². The van der Waals surface area contributed by atoms with Crippen LogP contribution in [0.25, 0.3) is 10.2 Å². The standard InChI is InChI=1S/C15H15N5OS/c1-20(2)15-16-6-5-11(19-15)8-17-14(21)10-3-4-12-13(7-10)22-9-18-12/h3-7,9H,8H2,1-2H3,(H,17,21). The Morgan fingerprint density at radius 3 is 2.95 bits per heavy atom. The van der Waals surface area contributed by atoms with E-state index in [0.29, 0.717) is 18.1 Å². The Morgan fingerprint density at radius 1 is 1.27 bits per heavy atom. The minimum Gasteiger partial charge on any atom is -0.347 e. The molecule has 1 aromatic carbocycles. The predicted molar refractivity (Wildman–Crippen MR) is 87.1 cm³/mol. The second kappa shape index (κ2) is 6.07. The highest BCUT2D eigenvalue weighted by molar-refractivity contribution is 7.16. The van der Waals surface area contributed by atoms with Gasteiger partial charge < -0.3 is 10.2 Å². The molecule has 1 amide bonds. The van der Waals surface area contributed by atoms with E-state index >= 15 is 0 Å². The maximum atomic E-state index is 12.2. The van der Waals surface area contributed by atoms with Gasteiger partial charge in [0.2, 0.25) is 5.95 Å². The summed E-state index contributed by atoms with van der Waals surface area (Å²) >= 11 is 1.52. The van der Waals surface area contributed by atoms with Gasteiger partial charge in [0, 0.05) is 25.9 Å². The van der Waals surface area contributed by atoms with Crippen molar-refractivity contribution in [2.24, 2.45) is 0 Å². The van der Waals surface area contributed by atoms with E-state index in [1.165, 1.54) is 11.3 Å². The van der Waals surface area contributed by atoms with E-state index in [9.17, 15) is 4.79 Å². The third-order valence-electron chi connectivity index (χ3n) is 3.12. The van der Waals surface area contributed by atoms with Gasteiger partial charge in [-0.1, -0.05) is 0 Å². The summed E-state index contributed by atoms with van der Waals surface area (Å²) in [4.78, 5) is 26.8. The van der Waals surface area contributed by atoms with Gasteiger partial charge in [0.1, 0.15) is 0 Å². The average molecular weight is 313 g/mol. The molecular weight excluding hydrogens is 298 g/mol. The van der Waals surface area contributed by atoms with E-state index in [2.05, 4.69) is 20.3 Å². The second-order valence-corrected chi connectivity index (χ2v) is 5.85. The van der Waals surface area contributed by atoms with Gasteiger partial charge >= 0.3 is 0 Å². The minimum absolute atomic E-state index is 0.125. The van der Waals surface area contributed by atoms with E-state index in [4.69, 9.17) is 0 Å². The topological polar surface area (TPSA) is 71.0 Å². The van der Waals surface area contributed by atoms with Crippen LogP contribution in [0.15, 0.2) is 36.0 Å². The van der Waals surface area contributed by atoms with Crippen molar-refractivity contribution in [2.45, 2.75) is 6.54 Å². The molecule has 0 saturated heterocycles. The van der Waals surface area contributed by atoms with Crippen molar-refractivity contribution in [1.82, 2.24) is 20.3 Å². The number of nitrogens with one attached hydrogen (secondary N) is 1. The predicted octanol–water partition coefficient (Wildman–Crippen LogP) is 2.08. The van der Waals surface area contributed by atoms with Gasteiger partial charge in [0.25, 0.3) is 5.91 Å². The van der Waals surface area contributed by atoms with Gasteiger partial charge in [-0.05, 0) is 24.3 Å². The highest BCUT2D eigenvalue weighted by Crippen LogP contribution is 2.19. The quantitative estimate of drug-likeness (QED) is 0.798. The molecule has 3 aromatic rings. The molecule has 7 heteroatoms. The van der Waals surface area contributed by atoms with Gasteiger partial charge in [0.15, 0.2) is 0 Å². The van der Waals surface area contributed by atoms with Crippen molar-refractivity contribution >= 4 is 33.4 Å². The summed E-state index contributed by atoms with van der Waals surface area (Å²) in [5.74, 6) is 0.498. The SMILES string of the molecule is CN(C)c1nccc(CNC(=O)c2ccc3ncsc3c2)n1. The number of hydrogen-bond donors (Lipinski definition) is 1. The lowest BCUT2D eigenvalue weighted by Gasteiger charge is -2.11. The Labute approximate surface area is 131 Å². The van der Waals surface area contributed by atoms with Gasteiger partial charge in [0.05, 0.1) is 28.0 Å². The van der Waals surface area contributed by atoms with Crippen molar-refractivity contribution in [3.63, 3.8) is 0 Å². The highest BCUT2D eigenvalue weighted by Gasteiger charge is 2.08. The number of fused-ring (bicyclic) bond motifs is 1. The zero-order valence-corrected chi connectivity index (χ0v) is 13.1. The maximum Gasteiger partial charge on any atom is 0.251 e. The number of carbonyl (C=O) groups is 1. The number of carbonyl (C=O) groups excluding carboxylic acids is 1. The van der Waals surface area contributed by atoms with Crippen LogP contribution in [0, 0.1) is 0 Å². The molecular formula is C15H15N5OS. The summed E-state index contributed by atoms with van der Waals surface area (Å²) in [5, 5.41) is 2.87. The molecule has 0 bridgehead atoms. The largest absolute Gasteiger partial charge is 0.347 e. The lowest BCUT2D eigenvalue weighted by atomic mass is 10.2. The Morgan fingerprint density at radius 2 is 2.14 bits per heavy atom. The Hall–Kier alpha value is -2.54. The van der Waals surface area contributed by atoms with E-state index in [-0.39, 0.29) is 5.91 Å². The number of benzene rings is 1. The van der Waals surface area contributed by atoms with E-state index < -0.39 is 0 Å². The number of nitrogens with zero attached hydrogens (tertiary/aromatic N) is 4. The number of amides is 1. The fourth-order valence-electron chi connectivity index (χ4n) is 1.97.